The number of nitrogens with zero attached hydrogens (tertiary/aromatic N) is 4. The van der Waals surface area contributed by atoms with Crippen molar-refractivity contribution < 1.29 is 8.42 Å². The number of imidazole rings is 1. The lowest BCUT2D eigenvalue weighted by molar-refractivity contribution is 0.329. The van der Waals surface area contributed by atoms with Crippen LogP contribution in [0.4, 0.5) is 0 Å². The van der Waals surface area contributed by atoms with Crippen LogP contribution in [-0.4, -0.2) is 27.4 Å². The highest BCUT2D eigenvalue weighted by Gasteiger charge is 2.29. The molecule has 3 heterocycles. The van der Waals surface area contributed by atoms with Gasteiger partial charge >= 0.3 is 0 Å². The summed E-state index contributed by atoms with van der Waals surface area (Å²) in [5, 5.41) is 0.101. The monoisotopic (exact) mass is 400 g/mol. The largest absolute Gasteiger partial charge is 0.316 e. The van der Waals surface area contributed by atoms with Crippen LogP contribution in [0.25, 0.3) is 5.65 Å². The maximum Gasteiger partial charge on any atom is 0.258 e. The van der Waals surface area contributed by atoms with Crippen molar-refractivity contribution in [3.63, 3.8) is 0 Å². The fourth-order valence-corrected chi connectivity index (χ4v) is 5.55. The fourth-order valence-electron chi connectivity index (χ4n) is 4.02. The van der Waals surface area contributed by atoms with Crippen molar-refractivity contribution in [3.8, 4) is 0 Å². The van der Waals surface area contributed by atoms with Crippen LogP contribution in [0.2, 0.25) is 0 Å². The molecule has 28 heavy (non-hydrogen) atoms. The zero-order chi connectivity index (χ0) is 19.9. The quantitative estimate of drug-likeness (QED) is 0.672. The van der Waals surface area contributed by atoms with Gasteiger partial charge in [0, 0.05) is 24.0 Å². The number of rotatable bonds is 4. The highest BCUT2D eigenvalue weighted by atomic mass is 32.2. The van der Waals surface area contributed by atoms with Gasteiger partial charge in [-0.1, -0.05) is 25.3 Å². The molecule has 4 rings (SSSR count). The van der Waals surface area contributed by atoms with Crippen molar-refractivity contribution in [1.82, 2.24) is 18.9 Å². The minimum absolute atomic E-state index is 0.101. The normalized spacial score (nSPS) is 15.9. The molecule has 148 valence electrons. The molecule has 0 aliphatic heterocycles. The first-order valence-corrected chi connectivity index (χ1v) is 11.3. The molecule has 0 amide bonds. The summed E-state index contributed by atoms with van der Waals surface area (Å²) >= 11 is 0. The fraction of sp³-hybridized carbons (Fsp3) is 0.450. The smallest absolute Gasteiger partial charge is 0.258 e. The van der Waals surface area contributed by atoms with Crippen molar-refractivity contribution in [1.29, 1.82) is 0 Å². The number of sulfone groups is 1. The second kappa shape index (κ2) is 7.16. The van der Waals surface area contributed by atoms with E-state index in [0.29, 0.717) is 5.65 Å². The van der Waals surface area contributed by atoms with Crippen LogP contribution in [0, 0.1) is 13.8 Å². The van der Waals surface area contributed by atoms with Gasteiger partial charge in [-0.25, -0.2) is 18.4 Å². The van der Waals surface area contributed by atoms with E-state index in [1.807, 2.05) is 18.4 Å². The summed E-state index contributed by atoms with van der Waals surface area (Å²) in [6.45, 7) is 3.77. The molecular weight excluding hydrogens is 376 g/mol. The Morgan fingerprint density at radius 3 is 2.61 bits per heavy atom. The Labute approximate surface area is 164 Å². The molecule has 1 aliphatic carbocycles. The summed E-state index contributed by atoms with van der Waals surface area (Å²) in [4.78, 5) is 21.1. The van der Waals surface area contributed by atoms with Crippen LogP contribution in [0.3, 0.4) is 0 Å². The first-order valence-electron chi connectivity index (χ1n) is 9.62. The van der Waals surface area contributed by atoms with Gasteiger partial charge in [-0.3, -0.25) is 9.20 Å². The SMILES string of the molecule is Cc1nc(S(=O)(=O)Cc2cc(=O)n3ccccc3n2)n(C2CCCCC2)c1C. The second-order valence-corrected chi connectivity index (χ2v) is 9.38. The number of aromatic nitrogens is 4. The van der Waals surface area contributed by atoms with Crippen LogP contribution >= 0.6 is 0 Å². The average molecular weight is 401 g/mol. The zero-order valence-corrected chi connectivity index (χ0v) is 16.9. The van der Waals surface area contributed by atoms with Crippen molar-refractivity contribution in [2.24, 2.45) is 0 Å². The van der Waals surface area contributed by atoms with E-state index in [1.165, 1.54) is 16.9 Å². The van der Waals surface area contributed by atoms with Gasteiger partial charge in [0.1, 0.15) is 11.4 Å². The van der Waals surface area contributed by atoms with Gasteiger partial charge in [0.2, 0.25) is 15.0 Å². The van der Waals surface area contributed by atoms with E-state index in [9.17, 15) is 13.2 Å². The predicted molar refractivity (Wildman–Crippen MR) is 106 cm³/mol. The van der Waals surface area contributed by atoms with Crippen molar-refractivity contribution >= 4 is 15.5 Å². The summed E-state index contributed by atoms with van der Waals surface area (Å²) in [5.41, 5.74) is 2.01. The summed E-state index contributed by atoms with van der Waals surface area (Å²) in [6.07, 6.45) is 6.94. The van der Waals surface area contributed by atoms with Crippen LogP contribution < -0.4 is 5.56 Å². The van der Waals surface area contributed by atoms with E-state index in [0.717, 1.165) is 37.1 Å². The van der Waals surface area contributed by atoms with Crippen LogP contribution in [0.1, 0.15) is 55.2 Å². The van der Waals surface area contributed by atoms with E-state index in [4.69, 9.17) is 0 Å². The summed E-state index contributed by atoms with van der Waals surface area (Å²) in [6, 6.07) is 6.64. The van der Waals surface area contributed by atoms with Gasteiger partial charge in [0.15, 0.2) is 0 Å². The van der Waals surface area contributed by atoms with Crippen LogP contribution in [-0.2, 0) is 15.6 Å². The third kappa shape index (κ3) is 3.37. The van der Waals surface area contributed by atoms with Gasteiger partial charge in [0.25, 0.3) is 5.56 Å². The van der Waals surface area contributed by atoms with Gasteiger partial charge in [0.05, 0.1) is 11.4 Å². The topological polar surface area (TPSA) is 86.3 Å². The van der Waals surface area contributed by atoms with E-state index in [2.05, 4.69) is 9.97 Å². The molecule has 0 N–H and O–H groups in total. The van der Waals surface area contributed by atoms with Gasteiger partial charge in [-0.15, -0.1) is 0 Å². The third-order valence-electron chi connectivity index (χ3n) is 5.53. The molecule has 1 saturated carbocycles. The highest BCUT2D eigenvalue weighted by molar-refractivity contribution is 7.90. The molecular formula is C20H24N4O3S. The number of hydrogen-bond acceptors (Lipinski definition) is 5. The lowest BCUT2D eigenvalue weighted by atomic mass is 9.95. The summed E-state index contributed by atoms with van der Waals surface area (Å²) in [7, 11) is -3.74. The maximum absolute atomic E-state index is 13.2. The van der Waals surface area contributed by atoms with E-state index >= 15 is 0 Å². The van der Waals surface area contributed by atoms with Gasteiger partial charge < -0.3 is 4.57 Å². The number of fused-ring (bicyclic) bond motifs is 1. The lowest BCUT2D eigenvalue weighted by Crippen LogP contribution is -2.22. The predicted octanol–water partition coefficient (Wildman–Crippen LogP) is 2.99. The maximum atomic E-state index is 13.2. The standard InChI is InChI=1S/C20H24N4O3S/c1-14-15(2)24(17-8-4-3-5-9-17)20(21-14)28(26,27)13-16-12-19(25)23-11-7-6-10-18(23)22-16/h6-7,10-12,17H,3-5,8-9,13H2,1-2H3. The summed E-state index contributed by atoms with van der Waals surface area (Å²) in [5.74, 6) is -0.337. The first kappa shape index (κ1) is 18.9. The molecule has 7 nitrogen and oxygen atoms in total. The Morgan fingerprint density at radius 1 is 1.11 bits per heavy atom. The van der Waals surface area contributed by atoms with Gasteiger partial charge in [-0.2, -0.15) is 0 Å². The molecule has 0 radical (unpaired) electrons. The van der Waals surface area contributed by atoms with E-state index in [-0.39, 0.29) is 28.2 Å². The third-order valence-corrected chi connectivity index (χ3v) is 7.05. The minimum atomic E-state index is -3.74. The van der Waals surface area contributed by atoms with Crippen LogP contribution in [0.15, 0.2) is 40.4 Å². The molecule has 0 unspecified atom stereocenters. The molecule has 0 aromatic carbocycles. The van der Waals surface area contributed by atoms with E-state index < -0.39 is 9.84 Å². The highest BCUT2D eigenvalue weighted by Crippen LogP contribution is 2.33. The number of hydrogen-bond donors (Lipinski definition) is 0. The second-order valence-electron chi connectivity index (χ2n) is 7.50. The summed E-state index contributed by atoms with van der Waals surface area (Å²) < 4.78 is 29.8. The number of aryl methyl sites for hydroxylation is 1. The first-order chi connectivity index (χ1) is 13.4. The van der Waals surface area contributed by atoms with Crippen molar-refractivity contribution in [3.05, 3.63) is 57.9 Å². The number of pyridine rings is 1. The molecule has 0 bridgehead atoms. The van der Waals surface area contributed by atoms with Crippen molar-refractivity contribution in [2.75, 3.05) is 0 Å². The molecule has 1 aliphatic rings. The molecule has 3 aromatic heterocycles. The Kier molecular flexibility index (Phi) is 4.82. The molecule has 8 heteroatoms. The van der Waals surface area contributed by atoms with E-state index in [1.54, 1.807) is 24.4 Å². The minimum Gasteiger partial charge on any atom is -0.316 e. The lowest BCUT2D eigenvalue weighted by Gasteiger charge is -2.26. The van der Waals surface area contributed by atoms with Crippen molar-refractivity contribution in [2.45, 2.75) is 62.9 Å². The Bertz CT molecular complexity index is 1190. The van der Waals surface area contributed by atoms with Crippen LogP contribution in [0.5, 0.6) is 0 Å². The molecule has 3 aromatic rings. The Hall–Kier alpha value is -2.48. The Morgan fingerprint density at radius 2 is 1.86 bits per heavy atom. The molecule has 0 atom stereocenters. The Balaban J connectivity index is 1.75. The average Bonchev–Trinajstić information content (AvgIpc) is 2.98. The zero-order valence-electron chi connectivity index (χ0n) is 16.1. The molecule has 1 fully saturated rings. The molecule has 0 spiro atoms. The molecule has 0 saturated heterocycles. The van der Waals surface area contributed by atoms with Gasteiger partial charge in [-0.05, 0) is 38.8 Å².